The molecule has 2 aromatic carbocycles. The largest absolute Gasteiger partial charge is 0.491 e. The molecule has 0 spiro atoms. The molecule has 1 heterocycles. The van der Waals surface area contributed by atoms with Crippen LogP contribution in [0.4, 0.5) is 5.69 Å². The van der Waals surface area contributed by atoms with Crippen LogP contribution in [0, 0.1) is 0 Å². The Kier molecular flexibility index (Phi) is 5.13. The highest BCUT2D eigenvalue weighted by atomic mass is 16.5. The van der Waals surface area contributed by atoms with Crippen molar-refractivity contribution in [1.29, 1.82) is 0 Å². The summed E-state index contributed by atoms with van der Waals surface area (Å²) in [5.41, 5.74) is 10.4. The van der Waals surface area contributed by atoms with Crippen LogP contribution in [0.5, 0.6) is 5.75 Å². The SMILES string of the molecule is CCOCCOc1cccc(-c2cc(-c3cccc(N)c3)n[nH]2)c1. The molecule has 0 radical (unpaired) electrons. The van der Waals surface area contributed by atoms with E-state index < -0.39 is 0 Å². The van der Waals surface area contributed by atoms with Gasteiger partial charge in [0.25, 0.3) is 0 Å². The van der Waals surface area contributed by atoms with Crippen LogP contribution in [0.3, 0.4) is 0 Å². The van der Waals surface area contributed by atoms with Gasteiger partial charge in [0.2, 0.25) is 0 Å². The highest BCUT2D eigenvalue weighted by Gasteiger charge is 2.07. The van der Waals surface area contributed by atoms with E-state index >= 15 is 0 Å². The summed E-state index contributed by atoms with van der Waals surface area (Å²) < 4.78 is 11.0. The van der Waals surface area contributed by atoms with Crippen molar-refractivity contribution in [1.82, 2.24) is 10.2 Å². The van der Waals surface area contributed by atoms with Crippen molar-refractivity contribution >= 4 is 5.69 Å². The third-order valence-corrected chi connectivity index (χ3v) is 3.61. The first-order valence-electron chi connectivity index (χ1n) is 7.98. The van der Waals surface area contributed by atoms with E-state index in [2.05, 4.69) is 10.2 Å². The fraction of sp³-hybridized carbons (Fsp3) is 0.211. The summed E-state index contributed by atoms with van der Waals surface area (Å²) in [6.07, 6.45) is 0. The lowest BCUT2D eigenvalue weighted by molar-refractivity contribution is 0.110. The van der Waals surface area contributed by atoms with Gasteiger partial charge in [-0.15, -0.1) is 0 Å². The molecule has 5 nitrogen and oxygen atoms in total. The van der Waals surface area contributed by atoms with Crippen molar-refractivity contribution in [2.24, 2.45) is 0 Å². The second-order valence-corrected chi connectivity index (χ2v) is 5.37. The number of nitrogens with two attached hydrogens (primary N) is 1. The lowest BCUT2D eigenvalue weighted by Crippen LogP contribution is -2.06. The van der Waals surface area contributed by atoms with Crippen LogP contribution in [0.25, 0.3) is 22.5 Å². The molecule has 0 bridgehead atoms. The zero-order valence-corrected chi connectivity index (χ0v) is 13.7. The first-order valence-corrected chi connectivity index (χ1v) is 7.98. The third kappa shape index (κ3) is 3.94. The van der Waals surface area contributed by atoms with Crippen LogP contribution in [0.2, 0.25) is 0 Å². The molecule has 0 aliphatic rings. The van der Waals surface area contributed by atoms with Gasteiger partial charge in [-0.2, -0.15) is 5.10 Å². The molecular weight excluding hydrogens is 302 g/mol. The van der Waals surface area contributed by atoms with Crippen molar-refractivity contribution in [3.63, 3.8) is 0 Å². The van der Waals surface area contributed by atoms with Crippen LogP contribution in [-0.2, 0) is 4.74 Å². The van der Waals surface area contributed by atoms with E-state index in [-0.39, 0.29) is 0 Å². The molecule has 0 aliphatic heterocycles. The van der Waals surface area contributed by atoms with Gasteiger partial charge in [-0.25, -0.2) is 0 Å². The van der Waals surface area contributed by atoms with E-state index in [9.17, 15) is 0 Å². The summed E-state index contributed by atoms with van der Waals surface area (Å²) in [5, 5.41) is 7.45. The van der Waals surface area contributed by atoms with Crippen molar-refractivity contribution in [2.75, 3.05) is 25.6 Å². The fourth-order valence-corrected chi connectivity index (χ4v) is 2.43. The van der Waals surface area contributed by atoms with Gasteiger partial charge in [0.15, 0.2) is 0 Å². The van der Waals surface area contributed by atoms with Gasteiger partial charge in [-0.05, 0) is 37.3 Å². The molecule has 1 aromatic heterocycles. The number of hydrogen-bond donors (Lipinski definition) is 2. The molecule has 0 aliphatic carbocycles. The summed E-state index contributed by atoms with van der Waals surface area (Å²) in [6, 6.07) is 17.6. The van der Waals surface area contributed by atoms with Crippen molar-refractivity contribution in [3.05, 3.63) is 54.6 Å². The molecule has 124 valence electrons. The predicted molar refractivity (Wildman–Crippen MR) is 95.9 cm³/mol. The third-order valence-electron chi connectivity index (χ3n) is 3.61. The highest BCUT2D eigenvalue weighted by molar-refractivity contribution is 5.70. The second kappa shape index (κ2) is 7.66. The smallest absolute Gasteiger partial charge is 0.120 e. The van der Waals surface area contributed by atoms with E-state index in [4.69, 9.17) is 15.2 Å². The summed E-state index contributed by atoms with van der Waals surface area (Å²) in [4.78, 5) is 0. The monoisotopic (exact) mass is 323 g/mol. The lowest BCUT2D eigenvalue weighted by Gasteiger charge is -2.07. The van der Waals surface area contributed by atoms with E-state index in [1.807, 2.05) is 61.5 Å². The lowest BCUT2D eigenvalue weighted by atomic mass is 10.1. The zero-order valence-electron chi connectivity index (χ0n) is 13.7. The average molecular weight is 323 g/mol. The van der Waals surface area contributed by atoms with Crippen molar-refractivity contribution in [2.45, 2.75) is 6.92 Å². The summed E-state index contributed by atoms with van der Waals surface area (Å²) in [5.74, 6) is 0.812. The fourth-order valence-electron chi connectivity index (χ4n) is 2.43. The van der Waals surface area contributed by atoms with E-state index in [0.29, 0.717) is 19.8 Å². The Labute approximate surface area is 141 Å². The Balaban J connectivity index is 1.75. The molecule has 0 amide bonds. The van der Waals surface area contributed by atoms with Crippen molar-refractivity contribution in [3.8, 4) is 28.3 Å². The first kappa shape index (κ1) is 16.1. The molecular formula is C19H21N3O2. The topological polar surface area (TPSA) is 73.2 Å². The molecule has 0 unspecified atom stereocenters. The minimum atomic E-state index is 0.537. The summed E-state index contributed by atoms with van der Waals surface area (Å²) in [6.45, 7) is 3.79. The molecule has 24 heavy (non-hydrogen) atoms. The van der Waals surface area contributed by atoms with Crippen LogP contribution in [0.1, 0.15) is 6.92 Å². The molecule has 0 fully saturated rings. The highest BCUT2D eigenvalue weighted by Crippen LogP contribution is 2.27. The Bertz CT molecular complexity index is 799. The van der Waals surface area contributed by atoms with E-state index in [1.165, 1.54) is 0 Å². The Hall–Kier alpha value is -2.79. The van der Waals surface area contributed by atoms with Gasteiger partial charge in [0.05, 0.1) is 18.0 Å². The number of nitrogens with zero attached hydrogens (tertiary/aromatic N) is 1. The van der Waals surface area contributed by atoms with Crippen molar-refractivity contribution < 1.29 is 9.47 Å². The van der Waals surface area contributed by atoms with Gasteiger partial charge in [0.1, 0.15) is 12.4 Å². The molecule has 3 aromatic rings. The number of nitrogen functional groups attached to an aromatic ring is 1. The Morgan fingerprint density at radius 2 is 1.83 bits per heavy atom. The van der Waals surface area contributed by atoms with Crippen LogP contribution < -0.4 is 10.5 Å². The zero-order chi connectivity index (χ0) is 16.8. The van der Waals surface area contributed by atoms with Crippen LogP contribution in [0.15, 0.2) is 54.6 Å². The number of rotatable bonds is 7. The van der Waals surface area contributed by atoms with E-state index in [1.54, 1.807) is 0 Å². The number of aromatic amines is 1. The minimum absolute atomic E-state index is 0.537. The maximum absolute atomic E-state index is 5.84. The minimum Gasteiger partial charge on any atom is -0.491 e. The number of nitrogens with one attached hydrogen (secondary N) is 1. The number of anilines is 1. The number of hydrogen-bond acceptors (Lipinski definition) is 4. The summed E-state index contributed by atoms with van der Waals surface area (Å²) in [7, 11) is 0. The predicted octanol–water partition coefficient (Wildman–Crippen LogP) is 3.74. The Morgan fingerprint density at radius 3 is 2.67 bits per heavy atom. The number of ether oxygens (including phenoxy) is 2. The number of benzene rings is 2. The number of aromatic nitrogens is 2. The maximum Gasteiger partial charge on any atom is 0.120 e. The standard InChI is InChI=1S/C19H21N3O2/c1-2-23-9-10-24-17-8-4-6-15(12-17)19-13-18(21-22-19)14-5-3-7-16(20)11-14/h3-8,11-13H,2,9-10,20H2,1H3,(H,21,22). The van der Waals surface area contributed by atoms with Gasteiger partial charge in [0, 0.05) is 23.4 Å². The molecule has 0 saturated carbocycles. The molecule has 3 rings (SSSR count). The molecule has 3 N–H and O–H groups in total. The Morgan fingerprint density at radius 1 is 1.00 bits per heavy atom. The second-order valence-electron chi connectivity index (χ2n) is 5.37. The summed E-state index contributed by atoms with van der Waals surface area (Å²) >= 11 is 0. The van der Waals surface area contributed by atoms with Gasteiger partial charge < -0.3 is 15.2 Å². The normalized spacial score (nSPS) is 10.7. The molecule has 0 saturated heterocycles. The quantitative estimate of drug-likeness (QED) is 0.513. The van der Waals surface area contributed by atoms with Gasteiger partial charge in [-0.3, -0.25) is 5.10 Å². The van der Waals surface area contributed by atoms with Gasteiger partial charge >= 0.3 is 0 Å². The van der Waals surface area contributed by atoms with E-state index in [0.717, 1.165) is 34.0 Å². The van der Waals surface area contributed by atoms with Crippen LogP contribution in [-0.4, -0.2) is 30.0 Å². The molecule has 5 heteroatoms. The molecule has 0 atom stereocenters. The van der Waals surface area contributed by atoms with Gasteiger partial charge in [-0.1, -0.05) is 24.3 Å². The first-order chi connectivity index (χ1) is 11.8. The van der Waals surface area contributed by atoms with Crippen LogP contribution >= 0.6 is 0 Å². The average Bonchev–Trinajstić information content (AvgIpc) is 3.09. The number of H-pyrrole nitrogens is 1. The maximum atomic E-state index is 5.84.